The summed E-state index contributed by atoms with van der Waals surface area (Å²) in [6, 6.07) is 4.47. The number of likely N-dealkylation sites (tertiary alicyclic amines) is 1. The molecule has 0 N–H and O–H groups in total. The SMILES string of the molecule is COC(=O)[C@@H]1CCCCN1C(=O)c1ccc(OC)c(OC)c1. The first kappa shape index (κ1) is 16.1. The van der Waals surface area contributed by atoms with E-state index in [0.29, 0.717) is 30.0 Å². The van der Waals surface area contributed by atoms with Gasteiger partial charge in [0.1, 0.15) is 6.04 Å². The van der Waals surface area contributed by atoms with Crippen LogP contribution >= 0.6 is 0 Å². The Bertz CT molecular complexity index is 557. The number of methoxy groups -OCH3 is 3. The van der Waals surface area contributed by atoms with Crippen molar-refractivity contribution in [2.45, 2.75) is 25.3 Å². The van der Waals surface area contributed by atoms with Crippen LogP contribution in [0.1, 0.15) is 29.6 Å². The second kappa shape index (κ2) is 7.15. The molecule has 6 heteroatoms. The van der Waals surface area contributed by atoms with Crippen molar-refractivity contribution >= 4 is 11.9 Å². The van der Waals surface area contributed by atoms with Crippen LogP contribution in [0.2, 0.25) is 0 Å². The average Bonchev–Trinajstić information content (AvgIpc) is 2.59. The van der Waals surface area contributed by atoms with Crippen LogP contribution in [0.3, 0.4) is 0 Å². The number of ether oxygens (including phenoxy) is 3. The molecule has 1 fully saturated rings. The van der Waals surface area contributed by atoms with Gasteiger partial charge < -0.3 is 19.1 Å². The quantitative estimate of drug-likeness (QED) is 0.795. The maximum atomic E-state index is 12.7. The summed E-state index contributed by atoms with van der Waals surface area (Å²) in [5.41, 5.74) is 0.466. The van der Waals surface area contributed by atoms with Crippen LogP contribution in [0.5, 0.6) is 11.5 Å². The second-order valence-corrected chi connectivity index (χ2v) is 5.10. The first-order valence-electron chi connectivity index (χ1n) is 7.23. The standard InChI is InChI=1S/C16H21NO5/c1-20-13-8-7-11(10-14(13)21-2)15(18)17-9-5-4-6-12(17)16(19)22-3/h7-8,10,12H,4-6,9H2,1-3H3/t12-/m0/s1. The number of carbonyl (C=O) groups is 2. The van der Waals surface area contributed by atoms with E-state index in [9.17, 15) is 9.59 Å². The predicted molar refractivity (Wildman–Crippen MR) is 80.2 cm³/mol. The topological polar surface area (TPSA) is 65.1 Å². The zero-order chi connectivity index (χ0) is 16.1. The van der Waals surface area contributed by atoms with Crippen LogP contribution in [0.25, 0.3) is 0 Å². The lowest BCUT2D eigenvalue weighted by atomic mass is 10.0. The predicted octanol–water partition coefficient (Wildman–Crippen LogP) is 1.87. The first-order chi connectivity index (χ1) is 10.6. The molecule has 1 heterocycles. The first-order valence-corrected chi connectivity index (χ1v) is 7.23. The molecule has 2 rings (SSSR count). The molecule has 120 valence electrons. The van der Waals surface area contributed by atoms with Gasteiger partial charge in [-0.2, -0.15) is 0 Å². The minimum atomic E-state index is -0.514. The Balaban J connectivity index is 2.27. The summed E-state index contributed by atoms with van der Waals surface area (Å²) in [7, 11) is 4.40. The van der Waals surface area contributed by atoms with Gasteiger partial charge in [-0.3, -0.25) is 4.79 Å². The van der Waals surface area contributed by atoms with E-state index in [4.69, 9.17) is 14.2 Å². The molecule has 1 amide bonds. The van der Waals surface area contributed by atoms with Crippen molar-refractivity contribution in [2.24, 2.45) is 0 Å². The lowest BCUT2D eigenvalue weighted by Gasteiger charge is -2.33. The fourth-order valence-corrected chi connectivity index (χ4v) is 2.69. The van der Waals surface area contributed by atoms with Crippen LogP contribution in [0.4, 0.5) is 0 Å². The van der Waals surface area contributed by atoms with Crippen molar-refractivity contribution in [1.29, 1.82) is 0 Å². The van der Waals surface area contributed by atoms with Gasteiger partial charge in [0.2, 0.25) is 0 Å². The van der Waals surface area contributed by atoms with E-state index >= 15 is 0 Å². The van der Waals surface area contributed by atoms with E-state index < -0.39 is 6.04 Å². The van der Waals surface area contributed by atoms with Crippen LogP contribution in [0, 0.1) is 0 Å². The summed E-state index contributed by atoms with van der Waals surface area (Å²) in [5.74, 6) is 0.478. The van der Waals surface area contributed by atoms with Gasteiger partial charge in [0.15, 0.2) is 11.5 Å². The highest BCUT2D eigenvalue weighted by atomic mass is 16.5. The molecule has 1 aliphatic heterocycles. The molecule has 0 spiro atoms. The van der Waals surface area contributed by atoms with Crippen LogP contribution in [-0.2, 0) is 9.53 Å². The molecule has 1 aliphatic rings. The molecule has 0 aliphatic carbocycles. The van der Waals surface area contributed by atoms with Crippen molar-refractivity contribution in [3.63, 3.8) is 0 Å². The zero-order valence-corrected chi connectivity index (χ0v) is 13.1. The molecule has 0 bridgehead atoms. The van der Waals surface area contributed by atoms with Crippen molar-refractivity contribution in [3.05, 3.63) is 23.8 Å². The average molecular weight is 307 g/mol. The Morgan fingerprint density at radius 3 is 2.45 bits per heavy atom. The summed E-state index contributed by atoms with van der Waals surface area (Å²) in [6.07, 6.45) is 2.42. The van der Waals surface area contributed by atoms with Crippen LogP contribution in [-0.4, -0.2) is 50.7 Å². The molecule has 1 aromatic rings. The number of rotatable bonds is 4. The number of amides is 1. The third-order valence-corrected chi connectivity index (χ3v) is 3.87. The highest BCUT2D eigenvalue weighted by Crippen LogP contribution is 2.29. The number of benzene rings is 1. The molecule has 1 aromatic carbocycles. The number of piperidine rings is 1. The fraction of sp³-hybridized carbons (Fsp3) is 0.500. The van der Waals surface area contributed by atoms with Crippen molar-refractivity contribution < 1.29 is 23.8 Å². The van der Waals surface area contributed by atoms with Gasteiger partial charge in [0.05, 0.1) is 21.3 Å². The third-order valence-electron chi connectivity index (χ3n) is 3.87. The lowest BCUT2D eigenvalue weighted by Crippen LogP contribution is -2.48. The zero-order valence-electron chi connectivity index (χ0n) is 13.1. The summed E-state index contributed by atoms with van der Waals surface area (Å²) in [6.45, 7) is 0.549. The molecule has 0 unspecified atom stereocenters. The van der Waals surface area contributed by atoms with E-state index in [1.807, 2.05) is 0 Å². The van der Waals surface area contributed by atoms with Gasteiger partial charge in [-0.25, -0.2) is 4.79 Å². The Labute approximate surface area is 129 Å². The molecule has 0 aromatic heterocycles. The van der Waals surface area contributed by atoms with E-state index in [0.717, 1.165) is 12.8 Å². The van der Waals surface area contributed by atoms with Crippen LogP contribution in [0.15, 0.2) is 18.2 Å². The van der Waals surface area contributed by atoms with Crippen molar-refractivity contribution in [1.82, 2.24) is 4.90 Å². The fourth-order valence-electron chi connectivity index (χ4n) is 2.69. The summed E-state index contributed by atoms with van der Waals surface area (Å²) >= 11 is 0. The minimum Gasteiger partial charge on any atom is -0.493 e. The number of hydrogen-bond acceptors (Lipinski definition) is 5. The monoisotopic (exact) mass is 307 g/mol. The van der Waals surface area contributed by atoms with Gasteiger partial charge in [0, 0.05) is 12.1 Å². The smallest absolute Gasteiger partial charge is 0.328 e. The Morgan fingerprint density at radius 2 is 1.82 bits per heavy atom. The lowest BCUT2D eigenvalue weighted by molar-refractivity contribution is -0.147. The minimum absolute atomic E-state index is 0.198. The molecule has 1 atom stereocenters. The summed E-state index contributed by atoms with van der Waals surface area (Å²) < 4.78 is 15.2. The molecular formula is C16H21NO5. The van der Waals surface area contributed by atoms with Gasteiger partial charge in [-0.15, -0.1) is 0 Å². The number of esters is 1. The van der Waals surface area contributed by atoms with Gasteiger partial charge in [-0.05, 0) is 37.5 Å². The van der Waals surface area contributed by atoms with E-state index in [1.165, 1.54) is 21.3 Å². The molecule has 0 saturated carbocycles. The molecule has 1 saturated heterocycles. The highest BCUT2D eigenvalue weighted by Gasteiger charge is 2.33. The maximum absolute atomic E-state index is 12.7. The van der Waals surface area contributed by atoms with E-state index in [2.05, 4.69) is 0 Å². The maximum Gasteiger partial charge on any atom is 0.328 e. The second-order valence-electron chi connectivity index (χ2n) is 5.10. The van der Waals surface area contributed by atoms with Gasteiger partial charge in [0.25, 0.3) is 5.91 Å². The van der Waals surface area contributed by atoms with Gasteiger partial charge >= 0.3 is 5.97 Å². The van der Waals surface area contributed by atoms with Gasteiger partial charge in [-0.1, -0.05) is 0 Å². The van der Waals surface area contributed by atoms with Crippen molar-refractivity contribution in [2.75, 3.05) is 27.9 Å². The van der Waals surface area contributed by atoms with E-state index in [-0.39, 0.29) is 11.9 Å². The van der Waals surface area contributed by atoms with Crippen molar-refractivity contribution in [3.8, 4) is 11.5 Å². The number of nitrogens with zero attached hydrogens (tertiary/aromatic N) is 1. The molecule has 22 heavy (non-hydrogen) atoms. The largest absolute Gasteiger partial charge is 0.493 e. The molecular weight excluding hydrogens is 286 g/mol. The normalized spacial score (nSPS) is 17.8. The molecule has 6 nitrogen and oxygen atoms in total. The number of hydrogen-bond donors (Lipinski definition) is 0. The third kappa shape index (κ3) is 3.16. The summed E-state index contributed by atoms with van der Waals surface area (Å²) in [5, 5.41) is 0. The summed E-state index contributed by atoms with van der Waals surface area (Å²) in [4.78, 5) is 26.2. The van der Waals surface area contributed by atoms with Crippen LogP contribution < -0.4 is 9.47 Å². The van der Waals surface area contributed by atoms with E-state index in [1.54, 1.807) is 23.1 Å². The Hall–Kier alpha value is -2.24. The Kier molecular flexibility index (Phi) is 5.25. The molecule has 0 radical (unpaired) electrons. The highest BCUT2D eigenvalue weighted by molar-refractivity contribution is 5.97. The number of carbonyl (C=O) groups excluding carboxylic acids is 2. The Morgan fingerprint density at radius 1 is 1.09 bits per heavy atom.